The van der Waals surface area contributed by atoms with Crippen LogP contribution in [-0.2, 0) is 11.3 Å². The van der Waals surface area contributed by atoms with Crippen molar-refractivity contribution < 1.29 is 9.47 Å². The van der Waals surface area contributed by atoms with Gasteiger partial charge in [0.05, 0.1) is 12.7 Å². The van der Waals surface area contributed by atoms with Crippen molar-refractivity contribution in [2.24, 2.45) is 0 Å². The van der Waals surface area contributed by atoms with Crippen LogP contribution >= 0.6 is 0 Å². The Balaban J connectivity index is 2.27. The summed E-state index contributed by atoms with van der Waals surface area (Å²) in [5.41, 5.74) is 1.26. The fraction of sp³-hybridized carbons (Fsp3) is 0.600. The van der Waals surface area contributed by atoms with E-state index in [0.29, 0.717) is 0 Å². The molecule has 0 radical (unpaired) electrons. The SMILES string of the molecule is CCCCOc1ccc(CNCC(C)OC)cc1. The van der Waals surface area contributed by atoms with Gasteiger partial charge in [0.1, 0.15) is 5.75 Å². The zero-order chi connectivity index (χ0) is 13.2. The summed E-state index contributed by atoms with van der Waals surface area (Å²) in [5, 5.41) is 3.36. The normalized spacial score (nSPS) is 12.4. The van der Waals surface area contributed by atoms with E-state index in [9.17, 15) is 0 Å². The summed E-state index contributed by atoms with van der Waals surface area (Å²) >= 11 is 0. The third kappa shape index (κ3) is 6.03. The lowest BCUT2D eigenvalue weighted by Gasteiger charge is -2.11. The molecule has 1 aromatic carbocycles. The summed E-state index contributed by atoms with van der Waals surface area (Å²) in [6, 6.07) is 8.27. The lowest BCUT2D eigenvalue weighted by atomic mass is 10.2. The van der Waals surface area contributed by atoms with E-state index in [4.69, 9.17) is 9.47 Å². The minimum absolute atomic E-state index is 0.252. The maximum Gasteiger partial charge on any atom is 0.119 e. The highest BCUT2D eigenvalue weighted by molar-refractivity contribution is 5.27. The molecule has 3 nitrogen and oxygen atoms in total. The summed E-state index contributed by atoms with van der Waals surface area (Å²) < 4.78 is 10.8. The van der Waals surface area contributed by atoms with Gasteiger partial charge in [-0.3, -0.25) is 0 Å². The Morgan fingerprint density at radius 3 is 2.56 bits per heavy atom. The van der Waals surface area contributed by atoms with Gasteiger partial charge in [0, 0.05) is 20.2 Å². The predicted molar refractivity (Wildman–Crippen MR) is 75.0 cm³/mol. The van der Waals surface area contributed by atoms with Crippen LogP contribution in [0.15, 0.2) is 24.3 Å². The molecule has 0 amide bonds. The van der Waals surface area contributed by atoms with Gasteiger partial charge in [0.25, 0.3) is 0 Å². The van der Waals surface area contributed by atoms with Crippen molar-refractivity contribution in [1.82, 2.24) is 5.32 Å². The fourth-order valence-electron chi connectivity index (χ4n) is 1.54. The standard InChI is InChI=1S/C15H25NO2/c1-4-5-10-18-15-8-6-14(7-9-15)12-16-11-13(2)17-3/h6-9,13,16H,4-5,10-12H2,1-3H3. The molecule has 0 aliphatic heterocycles. The monoisotopic (exact) mass is 251 g/mol. The van der Waals surface area contributed by atoms with Gasteiger partial charge in [0.2, 0.25) is 0 Å². The molecular formula is C15H25NO2. The molecule has 1 unspecified atom stereocenters. The molecule has 102 valence electrons. The molecule has 0 saturated heterocycles. The first kappa shape index (κ1) is 15.0. The van der Waals surface area contributed by atoms with Crippen LogP contribution in [0.2, 0.25) is 0 Å². The van der Waals surface area contributed by atoms with Crippen LogP contribution in [0.25, 0.3) is 0 Å². The van der Waals surface area contributed by atoms with Crippen molar-refractivity contribution in [3.63, 3.8) is 0 Å². The first-order valence-corrected chi connectivity index (χ1v) is 6.71. The summed E-state index contributed by atoms with van der Waals surface area (Å²) in [6.45, 7) is 6.75. The van der Waals surface area contributed by atoms with Gasteiger partial charge in [-0.1, -0.05) is 25.5 Å². The third-order valence-electron chi connectivity index (χ3n) is 2.85. The van der Waals surface area contributed by atoms with Gasteiger partial charge >= 0.3 is 0 Å². The van der Waals surface area contributed by atoms with E-state index in [-0.39, 0.29) is 6.10 Å². The zero-order valence-corrected chi connectivity index (χ0v) is 11.7. The van der Waals surface area contributed by atoms with E-state index >= 15 is 0 Å². The minimum Gasteiger partial charge on any atom is -0.494 e. The van der Waals surface area contributed by atoms with E-state index in [1.165, 1.54) is 12.0 Å². The maximum absolute atomic E-state index is 5.62. The van der Waals surface area contributed by atoms with Gasteiger partial charge in [-0.15, -0.1) is 0 Å². The van der Waals surface area contributed by atoms with Crippen LogP contribution in [0.4, 0.5) is 0 Å². The van der Waals surface area contributed by atoms with Gasteiger partial charge in [-0.2, -0.15) is 0 Å². The van der Waals surface area contributed by atoms with Crippen LogP contribution in [0.5, 0.6) is 5.75 Å². The van der Waals surface area contributed by atoms with Crippen LogP contribution in [-0.4, -0.2) is 26.4 Å². The second kappa shape index (κ2) is 8.95. The Kier molecular flexibility index (Phi) is 7.46. The summed E-state index contributed by atoms with van der Waals surface area (Å²) in [7, 11) is 1.73. The lowest BCUT2D eigenvalue weighted by Crippen LogP contribution is -2.25. The summed E-state index contributed by atoms with van der Waals surface area (Å²) in [6.07, 6.45) is 2.53. The Morgan fingerprint density at radius 1 is 1.22 bits per heavy atom. The van der Waals surface area contributed by atoms with Crippen LogP contribution < -0.4 is 10.1 Å². The molecule has 0 aliphatic carbocycles. The molecule has 3 heteroatoms. The molecule has 0 spiro atoms. The third-order valence-corrected chi connectivity index (χ3v) is 2.85. The highest BCUT2D eigenvalue weighted by atomic mass is 16.5. The molecule has 18 heavy (non-hydrogen) atoms. The summed E-state index contributed by atoms with van der Waals surface area (Å²) in [4.78, 5) is 0. The lowest BCUT2D eigenvalue weighted by molar-refractivity contribution is 0.117. The highest BCUT2D eigenvalue weighted by Crippen LogP contribution is 2.12. The van der Waals surface area contributed by atoms with Crippen LogP contribution in [0, 0.1) is 0 Å². The number of nitrogens with one attached hydrogen (secondary N) is 1. The number of ether oxygens (including phenoxy) is 2. The van der Waals surface area contributed by atoms with Crippen molar-refractivity contribution >= 4 is 0 Å². The molecule has 1 aromatic rings. The predicted octanol–water partition coefficient (Wildman–Crippen LogP) is 2.99. The molecule has 0 fully saturated rings. The molecule has 1 N–H and O–H groups in total. The Labute approximate surface area is 110 Å². The number of unbranched alkanes of at least 4 members (excludes halogenated alkanes) is 1. The largest absolute Gasteiger partial charge is 0.494 e. The average molecular weight is 251 g/mol. The average Bonchev–Trinajstić information content (AvgIpc) is 2.40. The van der Waals surface area contributed by atoms with Gasteiger partial charge < -0.3 is 14.8 Å². The van der Waals surface area contributed by atoms with Crippen molar-refractivity contribution in [3.05, 3.63) is 29.8 Å². The second-order valence-corrected chi connectivity index (χ2v) is 4.52. The smallest absolute Gasteiger partial charge is 0.119 e. The highest BCUT2D eigenvalue weighted by Gasteiger charge is 1.99. The number of methoxy groups -OCH3 is 1. The number of benzene rings is 1. The first-order chi connectivity index (χ1) is 8.76. The zero-order valence-electron chi connectivity index (χ0n) is 11.7. The maximum atomic E-state index is 5.62. The Hall–Kier alpha value is -1.06. The van der Waals surface area contributed by atoms with Crippen molar-refractivity contribution in [3.8, 4) is 5.75 Å². The number of hydrogen-bond donors (Lipinski definition) is 1. The topological polar surface area (TPSA) is 30.5 Å². The van der Waals surface area contributed by atoms with E-state index in [1.807, 2.05) is 12.1 Å². The molecule has 1 rings (SSSR count). The second-order valence-electron chi connectivity index (χ2n) is 4.52. The quantitative estimate of drug-likeness (QED) is 0.684. The summed E-state index contributed by atoms with van der Waals surface area (Å²) in [5.74, 6) is 0.956. The molecule has 0 aliphatic rings. The van der Waals surface area contributed by atoms with Crippen molar-refractivity contribution in [2.75, 3.05) is 20.3 Å². The minimum atomic E-state index is 0.252. The van der Waals surface area contributed by atoms with E-state index in [0.717, 1.165) is 31.9 Å². The van der Waals surface area contributed by atoms with E-state index < -0.39 is 0 Å². The molecule has 0 heterocycles. The van der Waals surface area contributed by atoms with Crippen LogP contribution in [0.3, 0.4) is 0 Å². The van der Waals surface area contributed by atoms with Crippen molar-refractivity contribution in [2.45, 2.75) is 39.3 Å². The number of hydrogen-bond acceptors (Lipinski definition) is 3. The van der Waals surface area contributed by atoms with Crippen molar-refractivity contribution in [1.29, 1.82) is 0 Å². The van der Waals surface area contributed by atoms with Crippen LogP contribution in [0.1, 0.15) is 32.3 Å². The van der Waals surface area contributed by atoms with Gasteiger partial charge in [0.15, 0.2) is 0 Å². The number of rotatable bonds is 9. The molecule has 0 aromatic heterocycles. The Morgan fingerprint density at radius 2 is 1.94 bits per heavy atom. The molecule has 0 saturated carbocycles. The molecular weight excluding hydrogens is 226 g/mol. The van der Waals surface area contributed by atoms with Gasteiger partial charge in [-0.25, -0.2) is 0 Å². The first-order valence-electron chi connectivity index (χ1n) is 6.71. The van der Waals surface area contributed by atoms with E-state index in [1.54, 1.807) is 7.11 Å². The fourth-order valence-corrected chi connectivity index (χ4v) is 1.54. The van der Waals surface area contributed by atoms with Gasteiger partial charge in [-0.05, 0) is 31.0 Å². The van der Waals surface area contributed by atoms with E-state index in [2.05, 4.69) is 31.3 Å². The molecule has 0 bridgehead atoms. The molecule has 1 atom stereocenters. The Bertz CT molecular complexity index is 311.